The van der Waals surface area contributed by atoms with E-state index in [0.29, 0.717) is 0 Å². The average molecular weight is 419 g/mol. The highest BCUT2D eigenvalue weighted by atomic mass is 19.1. The van der Waals surface area contributed by atoms with Crippen LogP contribution >= 0.6 is 0 Å². The minimum absolute atomic E-state index is 0.300. The molecular formula is C25H27FN4O. The molecule has 0 bridgehead atoms. The van der Waals surface area contributed by atoms with Crippen LogP contribution in [0.5, 0.6) is 0 Å². The summed E-state index contributed by atoms with van der Waals surface area (Å²) in [6.07, 6.45) is 3.71. The molecule has 1 N–H and O–H groups in total. The molecule has 3 aromatic rings. The second-order valence-electron chi connectivity index (χ2n) is 8.17. The van der Waals surface area contributed by atoms with Gasteiger partial charge in [0.2, 0.25) is 0 Å². The molecule has 0 unspecified atom stereocenters. The molecule has 160 valence electrons. The van der Waals surface area contributed by atoms with Crippen molar-refractivity contribution in [2.24, 2.45) is 0 Å². The number of allylic oxidation sites excluding steroid dienone is 2. The van der Waals surface area contributed by atoms with Crippen molar-refractivity contribution < 1.29 is 9.13 Å². The van der Waals surface area contributed by atoms with E-state index in [1.807, 2.05) is 6.92 Å². The highest BCUT2D eigenvalue weighted by Gasteiger charge is 2.22. The lowest BCUT2D eigenvalue weighted by Gasteiger charge is -2.30. The molecule has 1 aromatic carbocycles. The van der Waals surface area contributed by atoms with Crippen LogP contribution in [0.4, 0.5) is 15.9 Å². The van der Waals surface area contributed by atoms with E-state index >= 15 is 0 Å². The van der Waals surface area contributed by atoms with Crippen LogP contribution in [0.3, 0.4) is 0 Å². The molecule has 0 spiro atoms. The van der Waals surface area contributed by atoms with Crippen molar-refractivity contribution in [1.82, 2.24) is 9.97 Å². The van der Waals surface area contributed by atoms with Crippen LogP contribution in [0.25, 0.3) is 17.0 Å². The molecule has 31 heavy (non-hydrogen) atoms. The monoisotopic (exact) mass is 418 g/mol. The number of halogens is 1. The van der Waals surface area contributed by atoms with Crippen molar-refractivity contribution in [3.05, 3.63) is 71.3 Å². The average Bonchev–Trinajstić information content (AvgIpc) is 3.12. The van der Waals surface area contributed by atoms with Gasteiger partial charge < -0.3 is 19.5 Å². The first-order valence-corrected chi connectivity index (χ1v) is 10.8. The van der Waals surface area contributed by atoms with Crippen LogP contribution in [-0.4, -0.2) is 42.8 Å². The highest BCUT2D eigenvalue weighted by Crippen LogP contribution is 2.31. The molecular weight excluding hydrogens is 391 g/mol. The van der Waals surface area contributed by atoms with Gasteiger partial charge in [-0.25, -0.2) is 9.37 Å². The number of hydrogen-bond donors (Lipinski definition) is 1. The van der Waals surface area contributed by atoms with Gasteiger partial charge in [0.15, 0.2) is 0 Å². The smallest absolute Gasteiger partial charge is 0.129 e. The number of aryl methyl sites for hydroxylation is 1. The quantitative estimate of drug-likeness (QED) is 0.620. The molecule has 2 aliphatic heterocycles. The zero-order chi connectivity index (χ0) is 21.4. The Bertz CT molecular complexity index is 1160. The van der Waals surface area contributed by atoms with Crippen molar-refractivity contribution in [2.75, 3.05) is 42.6 Å². The topological polar surface area (TPSA) is 44.4 Å². The molecule has 0 radical (unpaired) electrons. The van der Waals surface area contributed by atoms with Gasteiger partial charge in [0.25, 0.3) is 0 Å². The Labute approximate surface area is 181 Å². The third-order valence-corrected chi connectivity index (χ3v) is 6.25. The Balaban J connectivity index is 1.39. The van der Waals surface area contributed by atoms with E-state index in [-0.39, 0.29) is 5.83 Å². The minimum atomic E-state index is -0.300. The van der Waals surface area contributed by atoms with Gasteiger partial charge in [-0.3, -0.25) is 0 Å². The van der Waals surface area contributed by atoms with Gasteiger partial charge in [0, 0.05) is 47.7 Å². The van der Waals surface area contributed by atoms with Crippen LogP contribution in [-0.2, 0) is 17.7 Å². The number of ether oxygens (including phenoxy) is 1. The van der Waals surface area contributed by atoms with Gasteiger partial charge >= 0.3 is 0 Å². The number of aromatic amines is 1. The van der Waals surface area contributed by atoms with Crippen LogP contribution in [0.15, 0.2) is 48.8 Å². The normalized spacial score (nSPS) is 17.2. The lowest BCUT2D eigenvalue weighted by Crippen LogP contribution is -2.36. The van der Waals surface area contributed by atoms with Gasteiger partial charge in [0.1, 0.15) is 11.6 Å². The Morgan fingerprint density at radius 2 is 2.00 bits per heavy atom. The third-order valence-electron chi connectivity index (χ3n) is 6.25. The molecule has 0 atom stereocenters. The summed E-state index contributed by atoms with van der Waals surface area (Å²) >= 11 is 0. The molecule has 2 aliphatic rings. The third kappa shape index (κ3) is 3.83. The van der Waals surface area contributed by atoms with E-state index in [1.165, 1.54) is 17.3 Å². The molecule has 1 saturated heterocycles. The summed E-state index contributed by atoms with van der Waals surface area (Å²) in [4.78, 5) is 13.0. The Kier molecular flexibility index (Phi) is 5.24. The standard InChI is InChI=1S/C25H27FN4O/c1-3-19(26)15-22-17(2)27-24-16-30(9-8-21(22)24)20-5-6-23-18(14-20)4-7-25(28-23)29-10-12-31-13-11-29/h3-7,14-15,27H,1,8-13,16H2,2H3/b19-15+. The predicted octanol–water partition coefficient (Wildman–Crippen LogP) is 4.77. The summed E-state index contributed by atoms with van der Waals surface area (Å²) in [5, 5.41) is 1.14. The molecule has 5 rings (SSSR count). The van der Waals surface area contributed by atoms with E-state index < -0.39 is 0 Å². The number of aromatic nitrogens is 2. The number of rotatable bonds is 4. The van der Waals surface area contributed by atoms with Gasteiger partial charge in [0.05, 0.1) is 25.3 Å². The van der Waals surface area contributed by atoms with Gasteiger partial charge in [-0.2, -0.15) is 0 Å². The van der Waals surface area contributed by atoms with Crippen LogP contribution in [0.1, 0.15) is 22.5 Å². The van der Waals surface area contributed by atoms with Crippen LogP contribution in [0, 0.1) is 6.92 Å². The SMILES string of the molecule is C=C/C(F)=C\c1c(C)[nH]c2c1CCN(c1ccc3nc(N4CCOCC4)ccc3c1)C2. The van der Waals surface area contributed by atoms with Crippen LogP contribution < -0.4 is 9.80 Å². The molecule has 0 saturated carbocycles. The Hall–Kier alpha value is -3.12. The lowest BCUT2D eigenvalue weighted by atomic mass is 10.0. The molecule has 5 nitrogen and oxygen atoms in total. The fourth-order valence-corrected chi connectivity index (χ4v) is 4.58. The number of fused-ring (bicyclic) bond motifs is 2. The number of hydrogen-bond acceptors (Lipinski definition) is 4. The number of benzene rings is 1. The number of H-pyrrole nitrogens is 1. The lowest BCUT2D eigenvalue weighted by molar-refractivity contribution is 0.122. The molecule has 1 fully saturated rings. The summed E-state index contributed by atoms with van der Waals surface area (Å²) in [6.45, 7) is 10.5. The number of anilines is 2. The largest absolute Gasteiger partial charge is 0.378 e. The zero-order valence-corrected chi connectivity index (χ0v) is 17.8. The van der Waals surface area contributed by atoms with Crippen LogP contribution in [0.2, 0.25) is 0 Å². The summed E-state index contributed by atoms with van der Waals surface area (Å²) in [5.41, 5.74) is 6.53. The van der Waals surface area contributed by atoms with E-state index in [4.69, 9.17) is 9.72 Å². The van der Waals surface area contributed by atoms with Gasteiger partial charge in [-0.05, 0) is 61.4 Å². The fourth-order valence-electron chi connectivity index (χ4n) is 4.58. The van der Waals surface area contributed by atoms with Crippen molar-refractivity contribution in [3.8, 4) is 0 Å². The summed E-state index contributed by atoms with van der Waals surface area (Å²) in [5.74, 6) is 0.714. The summed E-state index contributed by atoms with van der Waals surface area (Å²) < 4.78 is 19.2. The maximum Gasteiger partial charge on any atom is 0.129 e. The van der Waals surface area contributed by atoms with E-state index in [2.05, 4.69) is 51.7 Å². The summed E-state index contributed by atoms with van der Waals surface area (Å²) in [7, 11) is 0. The first kappa shape index (κ1) is 19.8. The Morgan fingerprint density at radius 3 is 2.81 bits per heavy atom. The maximum atomic E-state index is 13.8. The van der Waals surface area contributed by atoms with E-state index in [1.54, 1.807) is 6.08 Å². The number of morpholine rings is 1. The second-order valence-corrected chi connectivity index (χ2v) is 8.17. The van der Waals surface area contributed by atoms with Gasteiger partial charge in [-0.1, -0.05) is 6.58 Å². The second kappa shape index (κ2) is 8.19. The molecule has 2 aromatic heterocycles. The Morgan fingerprint density at radius 1 is 1.16 bits per heavy atom. The van der Waals surface area contributed by atoms with E-state index in [9.17, 15) is 4.39 Å². The first-order valence-electron chi connectivity index (χ1n) is 10.8. The fraction of sp³-hybridized carbons (Fsp3) is 0.320. The molecule has 0 amide bonds. The number of nitrogens with one attached hydrogen (secondary N) is 1. The summed E-state index contributed by atoms with van der Waals surface area (Å²) in [6, 6.07) is 10.7. The molecule has 0 aliphatic carbocycles. The predicted molar refractivity (Wildman–Crippen MR) is 124 cm³/mol. The first-order chi connectivity index (χ1) is 15.1. The minimum Gasteiger partial charge on any atom is -0.378 e. The maximum absolute atomic E-state index is 13.8. The highest BCUT2D eigenvalue weighted by molar-refractivity contribution is 5.84. The molecule has 6 heteroatoms. The zero-order valence-electron chi connectivity index (χ0n) is 17.8. The van der Waals surface area contributed by atoms with Crippen molar-refractivity contribution in [2.45, 2.75) is 19.9 Å². The van der Waals surface area contributed by atoms with E-state index in [0.717, 1.165) is 79.5 Å². The van der Waals surface area contributed by atoms with Crippen molar-refractivity contribution in [1.29, 1.82) is 0 Å². The molecule has 4 heterocycles. The van der Waals surface area contributed by atoms with Gasteiger partial charge in [-0.15, -0.1) is 0 Å². The van der Waals surface area contributed by atoms with Crippen molar-refractivity contribution >= 4 is 28.5 Å². The van der Waals surface area contributed by atoms with Crippen molar-refractivity contribution in [3.63, 3.8) is 0 Å². The number of pyridine rings is 1. The number of nitrogens with zero attached hydrogens (tertiary/aromatic N) is 3.